The molecule has 0 saturated heterocycles. The van der Waals surface area contributed by atoms with Crippen LogP contribution in [0, 0.1) is 0 Å². The number of carboxylic acid groups (broad SMARTS) is 1. The fraction of sp³-hybridized carbons (Fsp3) is 0.519. The Kier molecular flexibility index (Phi) is 9.95. The van der Waals surface area contributed by atoms with Gasteiger partial charge in [0, 0.05) is 16.2 Å². The summed E-state index contributed by atoms with van der Waals surface area (Å²) < 4.78 is 18.9. The zero-order valence-corrected chi connectivity index (χ0v) is 21.0. The molecule has 0 amide bonds. The molecule has 1 aliphatic heterocycles. The minimum absolute atomic E-state index is 0.172. The van der Waals surface area contributed by atoms with Gasteiger partial charge < -0.3 is 9.84 Å². The maximum atomic E-state index is 12.8. The predicted octanol–water partition coefficient (Wildman–Crippen LogP) is 6.82. The summed E-state index contributed by atoms with van der Waals surface area (Å²) in [6.07, 6.45) is 13.8. The van der Waals surface area contributed by atoms with E-state index >= 15 is 0 Å². The second-order valence-electron chi connectivity index (χ2n) is 9.04. The Labute approximate surface area is 195 Å². The number of ether oxygens (including phenoxy) is 1. The number of unbranched alkanes of at least 4 members (excludes halogenated alkanes) is 4. The molecule has 0 spiro atoms. The fourth-order valence-electron chi connectivity index (χ4n) is 3.96. The van der Waals surface area contributed by atoms with Gasteiger partial charge in [-0.25, -0.2) is 4.79 Å². The zero-order chi connectivity index (χ0) is 23.7. The lowest BCUT2D eigenvalue weighted by Gasteiger charge is -2.33. The molecule has 1 N–H and O–H groups in total. The van der Waals surface area contributed by atoms with E-state index in [1.54, 1.807) is 13.0 Å². The van der Waals surface area contributed by atoms with Crippen LogP contribution in [0.5, 0.6) is 5.75 Å². The van der Waals surface area contributed by atoms with Gasteiger partial charge in [0.25, 0.3) is 0 Å². The van der Waals surface area contributed by atoms with Crippen LogP contribution < -0.4 is 4.74 Å². The standard InChI is InChI=1S/C27H38O4S/c1-6-8-10-11-13-16-31-23-19-24-22(27(4,5)15-17-32(24)30)18-21(23)25(26(28)29)20(3)14-12-9-7-2/h7,9,12,14,18-19H,6,8,10-11,13,15-17H2,1-5H3,(H,28,29)/b9-7+,14-12+,25-20+. The fourth-order valence-corrected chi connectivity index (χ4v) is 5.70. The smallest absolute Gasteiger partial charge is 0.336 e. The molecule has 0 aromatic heterocycles. The molecule has 32 heavy (non-hydrogen) atoms. The second-order valence-corrected chi connectivity index (χ2v) is 10.6. The largest absolute Gasteiger partial charge is 0.493 e. The summed E-state index contributed by atoms with van der Waals surface area (Å²) in [6, 6.07) is 3.74. The third-order valence-electron chi connectivity index (χ3n) is 6.00. The van der Waals surface area contributed by atoms with Gasteiger partial charge in [0.05, 0.1) is 23.0 Å². The van der Waals surface area contributed by atoms with Crippen LogP contribution in [0.2, 0.25) is 0 Å². The van der Waals surface area contributed by atoms with E-state index in [0.29, 0.717) is 29.2 Å². The average Bonchev–Trinajstić information content (AvgIpc) is 2.74. The number of benzene rings is 1. The minimum atomic E-state index is -1.10. The van der Waals surface area contributed by atoms with Crippen LogP contribution in [-0.4, -0.2) is 27.6 Å². The van der Waals surface area contributed by atoms with Crippen molar-refractivity contribution in [2.24, 2.45) is 0 Å². The molecule has 0 radical (unpaired) electrons. The van der Waals surface area contributed by atoms with Gasteiger partial charge in [0.15, 0.2) is 0 Å². The topological polar surface area (TPSA) is 63.6 Å². The first-order chi connectivity index (χ1) is 15.2. The molecule has 0 saturated carbocycles. The molecule has 5 heteroatoms. The van der Waals surface area contributed by atoms with Gasteiger partial charge in [-0.2, -0.15) is 0 Å². The zero-order valence-electron chi connectivity index (χ0n) is 20.2. The average molecular weight is 459 g/mol. The van der Waals surface area contributed by atoms with E-state index in [1.807, 2.05) is 37.3 Å². The van der Waals surface area contributed by atoms with Crippen LogP contribution >= 0.6 is 0 Å². The third kappa shape index (κ3) is 6.68. The van der Waals surface area contributed by atoms with Crippen LogP contribution in [0.4, 0.5) is 0 Å². The first-order valence-corrected chi connectivity index (χ1v) is 13.0. The van der Waals surface area contributed by atoms with Crippen molar-refractivity contribution in [3.63, 3.8) is 0 Å². The van der Waals surface area contributed by atoms with Crippen molar-refractivity contribution in [3.8, 4) is 5.75 Å². The predicted molar refractivity (Wildman–Crippen MR) is 134 cm³/mol. The maximum absolute atomic E-state index is 12.8. The Balaban J connectivity index is 2.55. The molecule has 1 aromatic carbocycles. The van der Waals surface area contributed by atoms with Crippen molar-refractivity contribution in [1.29, 1.82) is 0 Å². The molecular weight excluding hydrogens is 420 g/mol. The van der Waals surface area contributed by atoms with E-state index in [9.17, 15) is 14.1 Å². The summed E-state index contributed by atoms with van der Waals surface area (Å²) in [5, 5.41) is 10.1. The molecular formula is C27H38O4S. The molecule has 1 unspecified atom stereocenters. The first-order valence-electron chi connectivity index (χ1n) is 11.7. The summed E-state index contributed by atoms with van der Waals surface area (Å²) >= 11 is 0. The number of allylic oxidation sites excluding steroid dienone is 5. The Hall–Kier alpha value is -2.14. The Morgan fingerprint density at radius 2 is 1.91 bits per heavy atom. The molecule has 1 aliphatic rings. The number of carbonyl (C=O) groups is 1. The number of aliphatic carboxylic acids is 1. The molecule has 1 atom stereocenters. The summed E-state index contributed by atoms with van der Waals surface area (Å²) in [5.74, 6) is 0.138. The highest BCUT2D eigenvalue weighted by Gasteiger charge is 2.33. The van der Waals surface area contributed by atoms with Gasteiger partial charge in [0.2, 0.25) is 0 Å². The maximum Gasteiger partial charge on any atom is 0.336 e. The Morgan fingerprint density at radius 3 is 2.56 bits per heavy atom. The summed E-state index contributed by atoms with van der Waals surface area (Å²) in [5.41, 5.74) is 2.23. The van der Waals surface area contributed by atoms with Crippen molar-refractivity contribution in [1.82, 2.24) is 0 Å². The summed E-state index contributed by atoms with van der Waals surface area (Å²) in [4.78, 5) is 13.1. The molecule has 4 nitrogen and oxygen atoms in total. The number of hydrogen-bond acceptors (Lipinski definition) is 3. The lowest BCUT2D eigenvalue weighted by Crippen LogP contribution is -2.28. The van der Waals surface area contributed by atoms with Gasteiger partial charge in [-0.15, -0.1) is 0 Å². The van der Waals surface area contributed by atoms with Gasteiger partial charge >= 0.3 is 5.97 Å². The summed E-state index contributed by atoms with van der Waals surface area (Å²) in [6.45, 7) is 10.7. The number of carboxylic acids is 1. The number of hydrogen-bond donors (Lipinski definition) is 1. The van der Waals surface area contributed by atoms with Crippen LogP contribution in [0.15, 0.2) is 46.9 Å². The molecule has 1 aromatic rings. The molecule has 1 heterocycles. The van der Waals surface area contributed by atoms with Gasteiger partial charge in [0.1, 0.15) is 5.75 Å². The molecule has 0 bridgehead atoms. The molecule has 176 valence electrons. The lowest BCUT2D eigenvalue weighted by atomic mass is 9.80. The van der Waals surface area contributed by atoms with Crippen molar-refractivity contribution >= 4 is 22.3 Å². The monoisotopic (exact) mass is 458 g/mol. The van der Waals surface area contributed by atoms with Crippen LogP contribution in [0.25, 0.3) is 5.57 Å². The Morgan fingerprint density at radius 1 is 1.19 bits per heavy atom. The van der Waals surface area contributed by atoms with E-state index in [0.717, 1.165) is 29.7 Å². The second kappa shape index (κ2) is 12.2. The molecule has 2 rings (SSSR count). The van der Waals surface area contributed by atoms with E-state index in [4.69, 9.17) is 4.74 Å². The summed E-state index contributed by atoms with van der Waals surface area (Å²) in [7, 11) is -1.10. The van der Waals surface area contributed by atoms with Crippen LogP contribution in [0.1, 0.15) is 84.3 Å². The van der Waals surface area contributed by atoms with Crippen LogP contribution in [0.3, 0.4) is 0 Å². The van der Waals surface area contributed by atoms with E-state index in [-0.39, 0.29) is 11.0 Å². The highest BCUT2D eigenvalue weighted by Crippen LogP contribution is 2.42. The normalized spacial score (nSPS) is 18.6. The SMILES string of the molecule is C/C=C/C=C/C(C)=C(/C(=O)O)c1cc2c(cc1OCCCCCCC)S(=O)CCC2(C)C. The third-order valence-corrected chi connectivity index (χ3v) is 7.40. The Bertz CT molecular complexity index is 922. The van der Waals surface area contributed by atoms with Crippen molar-refractivity contribution in [2.75, 3.05) is 12.4 Å². The van der Waals surface area contributed by atoms with Crippen molar-refractivity contribution in [2.45, 2.75) is 83.5 Å². The molecule has 0 fully saturated rings. The highest BCUT2D eigenvalue weighted by molar-refractivity contribution is 7.85. The van der Waals surface area contributed by atoms with Gasteiger partial charge in [-0.3, -0.25) is 4.21 Å². The van der Waals surface area contributed by atoms with Crippen molar-refractivity contribution in [3.05, 3.63) is 53.1 Å². The first kappa shape index (κ1) is 26.1. The highest BCUT2D eigenvalue weighted by atomic mass is 32.2. The number of fused-ring (bicyclic) bond motifs is 1. The van der Waals surface area contributed by atoms with Gasteiger partial charge in [-0.05, 0) is 55.4 Å². The van der Waals surface area contributed by atoms with Gasteiger partial charge in [-0.1, -0.05) is 70.8 Å². The van der Waals surface area contributed by atoms with Crippen molar-refractivity contribution < 1.29 is 18.8 Å². The van der Waals surface area contributed by atoms with E-state index < -0.39 is 16.8 Å². The number of rotatable bonds is 11. The quantitative estimate of drug-likeness (QED) is 0.225. The van der Waals surface area contributed by atoms with E-state index in [2.05, 4.69) is 20.8 Å². The molecule has 0 aliphatic carbocycles. The van der Waals surface area contributed by atoms with Crippen LogP contribution in [-0.2, 0) is 21.0 Å². The lowest BCUT2D eigenvalue weighted by molar-refractivity contribution is -0.130. The van der Waals surface area contributed by atoms with E-state index in [1.165, 1.54) is 19.3 Å². The minimum Gasteiger partial charge on any atom is -0.493 e.